The second-order valence-electron chi connectivity index (χ2n) is 9.02. The molecule has 200 valence electrons. The molecule has 4 heterocycles. The van der Waals surface area contributed by atoms with E-state index in [-0.39, 0.29) is 44.6 Å². The van der Waals surface area contributed by atoms with Crippen molar-refractivity contribution >= 4 is 39.1 Å². The minimum absolute atomic E-state index is 0.0314. The fraction of sp³-hybridized carbons (Fsp3) is 0.333. The smallest absolute Gasteiger partial charge is 0.435 e. The van der Waals surface area contributed by atoms with Crippen LogP contribution >= 0.6 is 11.3 Å². The van der Waals surface area contributed by atoms with E-state index in [4.69, 9.17) is 10.2 Å². The normalized spacial score (nSPS) is 14.8. The maximum absolute atomic E-state index is 13.5. The number of pyridine rings is 1. The minimum atomic E-state index is -4.63. The molecule has 0 spiro atoms. The van der Waals surface area contributed by atoms with Gasteiger partial charge in [0, 0.05) is 22.6 Å². The predicted molar refractivity (Wildman–Crippen MR) is 128 cm³/mol. The summed E-state index contributed by atoms with van der Waals surface area (Å²) in [5, 5.41) is 6.48. The number of hydrogen-bond donors (Lipinski definition) is 2. The molecule has 0 saturated heterocycles. The third-order valence-electron chi connectivity index (χ3n) is 6.16. The van der Waals surface area contributed by atoms with Gasteiger partial charge in [0.05, 0.1) is 24.4 Å². The Kier molecular flexibility index (Phi) is 6.45. The fourth-order valence-corrected chi connectivity index (χ4v) is 5.17. The molecule has 14 heteroatoms. The monoisotopic (exact) mass is 553 g/mol. The van der Waals surface area contributed by atoms with E-state index >= 15 is 0 Å². The Hall–Kier alpha value is -3.81. The largest absolute Gasteiger partial charge is 0.464 e. The summed E-state index contributed by atoms with van der Waals surface area (Å²) in [6, 6.07) is 5.17. The Labute approximate surface area is 215 Å². The molecule has 4 aromatic heterocycles. The van der Waals surface area contributed by atoms with E-state index in [0.717, 1.165) is 36.3 Å². The van der Waals surface area contributed by atoms with Crippen molar-refractivity contribution in [3.63, 3.8) is 0 Å². The number of primary amides is 1. The number of fused-ring (bicyclic) bond motifs is 1. The summed E-state index contributed by atoms with van der Waals surface area (Å²) in [4.78, 5) is 29.3. The molecule has 0 radical (unpaired) electrons. The molecule has 8 nitrogen and oxygen atoms in total. The Morgan fingerprint density at radius 3 is 2.61 bits per heavy atom. The molecule has 0 aromatic carbocycles. The zero-order chi connectivity index (χ0) is 27.4. The van der Waals surface area contributed by atoms with E-state index in [1.54, 1.807) is 6.07 Å². The van der Waals surface area contributed by atoms with Crippen molar-refractivity contribution in [2.45, 2.75) is 44.8 Å². The molecular weight excluding hydrogens is 533 g/mol. The first kappa shape index (κ1) is 25.8. The SMILES string of the molecule is CC(Cn1nc(C(F)(F)F)cc1C1CC1)C(=O)Nc1c(C(N)=O)sc2nc(C(F)F)cc(-c3ccco3)c12. The van der Waals surface area contributed by atoms with Crippen molar-refractivity contribution < 1.29 is 36.0 Å². The number of alkyl halides is 5. The second kappa shape index (κ2) is 9.49. The lowest BCUT2D eigenvalue weighted by molar-refractivity contribution is -0.141. The number of nitrogens with two attached hydrogens (primary N) is 1. The van der Waals surface area contributed by atoms with Crippen molar-refractivity contribution in [3.8, 4) is 11.3 Å². The van der Waals surface area contributed by atoms with Gasteiger partial charge in [0.2, 0.25) is 5.91 Å². The molecule has 5 rings (SSSR count). The quantitative estimate of drug-likeness (QED) is 0.261. The molecule has 1 aliphatic carbocycles. The van der Waals surface area contributed by atoms with Crippen molar-refractivity contribution in [1.82, 2.24) is 14.8 Å². The average Bonchev–Trinajstić information content (AvgIpc) is 3.23. The third kappa shape index (κ3) is 4.87. The van der Waals surface area contributed by atoms with Crippen LogP contribution in [-0.4, -0.2) is 26.6 Å². The summed E-state index contributed by atoms with van der Waals surface area (Å²) in [5.74, 6) is -2.30. The zero-order valence-electron chi connectivity index (χ0n) is 19.7. The number of anilines is 1. The van der Waals surface area contributed by atoms with Gasteiger partial charge in [0.1, 0.15) is 21.2 Å². The lowest BCUT2D eigenvalue weighted by Gasteiger charge is -2.15. The van der Waals surface area contributed by atoms with Gasteiger partial charge in [-0.15, -0.1) is 11.3 Å². The average molecular weight is 554 g/mol. The van der Waals surface area contributed by atoms with Crippen molar-refractivity contribution in [2.24, 2.45) is 11.7 Å². The van der Waals surface area contributed by atoms with E-state index < -0.39 is 41.7 Å². The molecule has 1 atom stereocenters. The number of halogens is 5. The van der Waals surface area contributed by atoms with Crippen LogP contribution in [0.25, 0.3) is 21.5 Å². The van der Waals surface area contributed by atoms with Gasteiger partial charge in [0.25, 0.3) is 12.3 Å². The van der Waals surface area contributed by atoms with Crippen LogP contribution in [0.3, 0.4) is 0 Å². The third-order valence-corrected chi connectivity index (χ3v) is 7.25. The molecule has 1 fully saturated rings. The number of furan rings is 1. The second-order valence-corrected chi connectivity index (χ2v) is 10.0. The topological polar surface area (TPSA) is 116 Å². The van der Waals surface area contributed by atoms with Crippen LogP contribution in [0.4, 0.5) is 27.6 Å². The van der Waals surface area contributed by atoms with Gasteiger partial charge >= 0.3 is 6.18 Å². The summed E-state index contributed by atoms with van der Waals surface area (Å²) in [6.07, 6.45) is -4.74. The number of aromatic nitrogens is 3. The lowest BCUT2D eigenvalue weighted by Crippen LogP contribution is -2.26. The Bertz CT molecular complexity index is 1520. The van der Waals surface area contributed by atoms with Crippen LogP contribution < -0.4 is 11.1 Å². The Morgan fingerprint density at radius 2 is 2.03 bits per heavy atom. The molecule has 38 heavy (non-hydrogen) atoms. The maximum atomic E-state index is 13.5. The van der Waals surface area contributed by atoms with Gasteiger partial charge in [0.15, 0.2) is 5.69 Å². The van der Waals surface area contributed by atoms with Crippen LogP contribution in [0.2, 0.25) is 0 Å². The Balaban J connectivity index is 1.51. The van der Waals surface area contributed by atoms with Gasteiger partial charge in [-0.25, -0.2) is 13.8 Å². The summed E-state index contributed by atoms with van der Waals surface area (Å²) in [5.41, 5.74) is 4.47. The highest BCUT2D eigenvalue weighted by Gasteiger charge is 2.38. The highest BCUT2D eigenvalue weighted by atomic mass is 32.1. The number of amides is 2. The minimum Gasteiger partial charge on any atom is -0.464 e. The first-order valence-electron chi connectivity index (χ1n) is 11.5. The highest BCUT2D eigenvalue weighted by Crippen LogP contribution is 2.44. The predicted octanol–water partition coefficient (Wildman–Crippen LogP) is 5.96. The summed E-state index contributed by atoms with van der Waals surface area (Å²) in [7, 11) is 0. The Morgan fingerprint density at radius 1 is 1.29 bits per heavy atom. The molecule has 1 aliphatic rings. The molecular formula is C24H20F5N5O3S. The number of nitrogens with zero attached hydrogens (tertiary/aromatic N) is 3. The first-order valence-corrected chi connectivity index (χ1v) is 12.3. The number of hydrogen-bond acceptors (Lipinski definition) is 6. The van der Waals surface area contributed by atoms with Crippen LogP contribution in [0.15, 0.2) is 34.9 Å². The molecule has 0 aliphatic heterocycles. The number of carbonyl (C=O) groups excluding carboxylic acids is 2. The van der Waals surface area contributed by atoms with Crippen LogP contribution in [0.5, 0.6) is 0 Å². The summed E-state index contributed by atoms with van der Waals surface area (Å²) >= 11 is 0.735. The van der Waals surface area contributed by atoms with E-state index in [1.807, 2.05) is 0 Å². The molecule has 0 bridgehead atoms. The van der Waals surface area contributed by atoms with E-state index in [9.17, 15) is 31.5 Å². The van der Waals surface area contributed by atoms with Gasteiger partial charge in [-0.2, -0.15) is 18.3 Å². The van der Waals surface area contributed by atoms with Gasteiger partial charge in [-0.05, 0) is 37.1 Å². The fourth-order valence-electron chi connectivity index (χ4n) is 4.16. The molecule has 1 unspecified atom stereocenters. The van der Waals surface area contributed by atoms with E-state index in [0.29, 0.717) is 5.69 Å². The maximum Gasteiger partial charge on any atom is 0.435 e. The number of rotatable bonds is 8. The van der Waals surface area contributed by atoms with Crippen LogP contribution in [0, 0.1) is 5.92 Å². The van der Waals surface area contributed by atoms with Crippen molar-refractivity contribution in [3.05, 3.63) is 52.5 Å². The number of carbonyl (C=O) groups is 2. The number of nitrogens with one attached hydrogen (secondary N) is 1. The molecule has 4 aromatic rings. The van der Waals surface area contributed by atoms with Gasteiger partial charge in [-0.1, -0.05) is 6.92 Å². The lowest BCUT2D eigenvalue weighted by atomic mass is 10.1. The standard InChI is InChI=1S/C24H20F5N5O3S/c1-10(9-34-14(11-4-5-11)8-16(33-34)24(27,28)29)22(36)32-18-17-12(15-3-2-6-37-15)7-13(20(25)26)31-23(17)38-19(18)21(30)35/h2-3,6-8,10-11,20H,4-5,9H2,1H3,(H2,30,35)(H,32,36). The van der Waals surface area contributed by atoms with Crippen LogP contribution in [0.1, 0.15) is 58.9 Å². The zero-order valence-corrected chi connectivity index (χ0v) is 20.5. The molecule has 2 amide bonds. The van der Waals surface area contributed by atoms with E-state index in [1.165, 1.54) is 23.9 Å². The molecule has 3 N–H and O–H groups in total. The highest BCUT2D eigenvalue weighted by molar-refractivity contribution is 7.21. The van der Waals surface area contributed by atoms with Crippen LogP contribution in [-0.2, 0) is 17.5 Å². The summed E-state index contributed by atoms with van der Waals surface area (Å²) < 4.78 is 73.4. The number of thiophene rings is 1. The molecule has 1 saturated carbocycles. The summed E-state index contributed by atoms with van der Waals surface area (Å²) in [6.45, 7) is 1.35. The van der Waals surface area contributed by atoms with Gasteiger partial charge in [-0.3, -0.25) is 14.3 Å². The van der Waals surface area contributed by atoms with Crippen molar-refractivity contribution in [2.75, 3.05) is 5.32 Å². The van der Waals surface area contributed by atoms with E-state index in [2.05, 4.69) is 15.4 Å². The van der Waals surface area contributed by atoms with Gasteiger partial charge < -0.3 is 15.5 Å². The van der Waals surface area contributed by atoms with Crippen molar-refractivity contribution in [1.29, 1.82) is 0 Å². The first-order chi connectivity index (χ1) is 17.9.